The molecule has 180 valence electrons. The zero-order valence-corrected chi connectivity index (χ0v) is 20.4. The summed E-state index contributed by atoms with van der Waals surface area (Å²) in [5, 5.41) is 8.60. The number of hydrogen-bond acceptors (Lipinski definition) is 5. The first kappa shape index (κ1) is 24.4. The maximum atomic E-state index is 12.2. The third kappa shape index (κ3) is 6.67. The van der Waals surface area contributed by atoms with Crippen LogP contribution in [0.4, 0.5) is 0 Å². The Labute approximate surface area is 206 Å². The second-order valence-electron chi connectivity index (χ2n) is 8.54. The van der Waals surface area contributed by atoms with Crippen molar-refractivity contribution < 1.29 is 9.53 Å². The number of halogens is 1. The van der Waals surface area contributed by atoms with Crippen LogP contribution in [-0.4, -0.2) is 78.5 Å². The van der Waals surface area contributed by atoms with E-state index in [1.54, 1.807) is 7.11 Å². The lowest BCUT2D eigenvalue weighted by molar-refractivity contribution is -0.122. The monoisotopic (exact) mass is 481 g/mol. The minimum atomic E-state index is 0.0821. The van der Waals surface area contributed by atoms with E-state index in [9.17, 15) is 4.79 Å². The van der Waals surface area contributed by atoms with E-state index in [1.807, 2.05) is 47.1 Å². The molecule has 1 aliphatic rings. The van der Waals surface area contributed by atoms with Gasteiger partial charge < -0.3 is 10.1 Å². The normalized spacial score (nSPS) is 14.9. The molecule has 0 atom stereocenters. The largest absolute Gasteiger partial charge is 0.385 e. The van der Waals surface area contributed by atoms with Gasteiger partial charge in [-0.05, 0) is 30.7 Å². The standard InChI is InChI=1S/C26H32ClN5O2/c1-34-17-5-12-28-25(33)20-31-15-13-30(14-16-31)18-22-19-32(24-6-3-2-4-7-24)29-26(22)21-8-10-23(27)11-9-21/h2-4,6-11,19H,5,12-18,20H2,1H3,(H,28,33). The van der Waals surface area contributed by atoms with Crippen molar-refractivity contribution in [2.75, 3.05) is 53.0 Å². The van der Waals surface area contributed by atoms with Crippen LogP contribution in [0.15, 0.2) is 60.8 Å². The number of piperazine rings is 1. The number of hydrogen-bond donors (Lipinski definition) is 1. The van der Waals surface area contributed by atoms with Gasteiger partial charge >= 0.3 is 0 Å². The molecular weight excluding hydrogens is 450 g/mol. The highest BCUT2D eigenvalue weighted by atomic mass is 35.5. The van der Waals surface area contributed by atoms with E-state index in [0.29, 0.717) is 24.7 Å². The summed E-state index contributed by atoms with van der Waals surface area (Å²) >= 11 is 6.11. The van der Waals surface area contributed by atoms with Gasteiger partial charge in [-0.3, -0.25) is 14.6 Å². The quantitative estimate of drug-likeness (QED) is 0.449. The lowest BCUT2D eigenvalue weighted by Crippen LogP contribution is -2.49. The molecule has 1 saturated heterocycles. The van der Waals surface area contributed by atoms with E-state index < -0.39 is 0 Å². The Kier molecular flexibility index (Phi) is 8.71. The van der Waals surface area contributed by atoms with Gasteiger partial charge in [0.15, 0.2) is 0 Å². The molecule has 3 aromatic rings. The first-order valence-corrected chi connectivity index (χ1v) is 12.1. The van der Waals surface area contributed by atoms with Crippen LogP contribution in [0.25, 0.3) is 16.9 Å². The number of ether oxygens (including phenoxy) is 1. The lowest BCUT2D eigenvalue weighted by Gasteiger charge is -2.34. The number of aromatic nitrogens is 2. The molecule has 0 saturated carbocycles. The molecule has 34 heavy (non-hydrogen) atoms. The summed E-state index contributed by atoms with van der Waals surface area (Å²) in [6, 6.07) is 18.0. The molecular formula is C26H32ClN5O2. The second-order valence-corrected chi connectivity index (χ2v) is 8.97. The zero-order chi connectivity index (χ0) is 23.8. The highest BCUT2D eigenvalue weighted by molar-refractivity contribution is 6.30. The Morgan fingerprint density at radius 2 is 1.74 bits per heavy atom. The number of benzene rings is 2. The summed E-state index contributed by atoms with van der Waals surface area (Å²) < 4.78 is 6.97. The summed E-state index contributed by atoms with van der Waals surface area (Å²) in [5.41, 5.74) is 4.23. The number of nitrogens with zero attached hydrogens (tertiary/aromatic N) is 4. The number of rotatable bonds is 10. The molecule has 1 N–H and O–H groups in total. The molecule has 1 fully saturated rings. The van der Waals surface area contributed by atoms with E-state index in [4.69, 9.17) is 21.4 Å². The topological polar surface area (TPSA) is 62.6 Å². The van der Waals surface area contributed by atoms with Crippen LogP contribution in [0.3, 0.4) is 0 Å². The van der Waals surface area contributed by atoms with Crippen molar-refractivity contribution in [2.24, 2.45) is 0 Å². The van der Waals surface area contributed by atoms with Crippen molar-refractivity contribution in [3.63, 3.8) is 0 Å². The van der Waals surface area contributed by atoms with Crippen molar-refractivity contribution in [1.82, 2.24) is 24.9 Å². The van der Waals surface area contributed by atoms with Crippen LogP contribution >= 0.6 is 11.6 Å². The van der Waals surface area contributed by atoms with E-state index >= 15 is 0 Å². The van der Waals surface area contributed by atoms with Crippen molar-refractivity contribution >= 4 is 17.5 Å². The maximum absolute atomic E-state index is 12.2. The molecule has 1 amide bonds. The van der Waals surface area contributed by atoms with Gasteiger partial charge in [0, 0.05) is 75.3 Å². The van der Waals surface area contributed by atoms with Gasteiger partial charge in [-0.2, -0.15) is 5.10 Å². The Morgan fingerprint density at radius 3 is 2.44 bits per heavy atom. The molecule has 1 aromatic heterocycles. The molecule has 0 bridgehead atoms. The van der Waals surface area contributed by atoms with Gasteiger partial charge in [-0.15, -0.1) is 0 Å². The highest BCUT2D eigenvalue weighted by Gasteiger charge is 2.21. The molecule has 2 aromatic carbocycles. The molecule has 7 nitrogen and oxygen atoms in total. The SMILES string of the molecule is COCCCNC(=O)CN1CCN(Cc2cn(-c3ccccc3)nc2-c2ccc(Cl)cc2)CC1. The highest BCUT2D eigenvalue weighted by Crippen LogP contribution is 2.26. The molecule has 0 spiro atoms. The van der Waals surface area contributed by atoms with Gasteiger partial charge in [-0.25, -0.2) is 4.68 Å². The molecule has 0 unspecified atom stereocenters. The predicted octanol–water partition coefficient (Wildman–Crippen LogP) is 3.46. The van der Waals surface area contributed by atoms with Crippen LogP contribution in [0.5, 0.6) is 0 Å². The molecule has 8 heteroatoms. The first-order valence-electron chi connectivity index (χ1n) is 11.7. The Bertz CT molecular complexity index is 1050. The van der Waals surface area contributed by atoms with Gasteiger partial charge in [0.05, 0.1) is 17.9 Å². The van der Waals surface area contributed by atoms with E-state index in [-0.39, 0.29) is 5.91 Å². The van der Waals surface area contributed by atoms with E-state index in [1.165, 1.54) is 5.56 Å². The second kappa shape index (κ2) is 12.1. The average Bonchev–Trinajstić information content (AvgIpc) is 3.28. The number of carbonyl (C=O) groups is 1. The Hall–Kier alpha value is -2.71. The molecule has 0 radical (unpaired) electrons. The van der Waals surface area contributed by atoms with Gasteiger partial charge in [0.2, 0.25) is 5.91 Å². The minimum absolute atomic E-state index is 0.0821. The predicted molar refractivity (Wildman–Crippen MR) is 135 cm³/mol. The fourth-order valence-electron chi connectivity index (χ4n) is 4.14. The smallest absolute Gasteiger partial charge is 0.234 e. The zero-order valence-electron chi connectivity index (χ0n) is 19.6. The fraction of sp³-hybridized carbons (Fsp3) is 0.385. The summed E-state index contributed by atoms with van der Waals surface area (Å²) in [7, 11) is 1.67. The third-order valence-electron chi connectivity index (χ3n) is 6.00. The lowest BCUT2D eigenvalue weighted by atomic mass is 10.1. The number of methoxy groups -OCH3 is 1. The number of nitrogens with one attached hydrogen (secondary N) is 1. The number of carbonyl (C=O) groups excluding carboxylic acids is 1. The van der Waals surface area contributed by atoms with Crippen LogP contribution in [0, 0.1) is 0 Å². The van der Waals surface area contributed by atoms with Crippen molar-refractivity contribution in [2.45, 2.75) is 13.0 Å². The average molecular weight is 482 g/mol. The third-order valence-corrected chi connectivity index (χ3v) is 6.25. The van der Waals surface area contributed by atoms with Crippen LogP contribution in [0.1, 0.15) is 12.0 Å². The summed E-state index contributed by atoms with van der Waals surface area (Å²) in [6.45, 7) is 6.14. The van der Waals surface area contributed by atoms with Crippen molar-refractivity contribution in [3.05, 3.63) is 71.4 Å². The van der Waals surface area contributed by atoms with Crippen LogP contribution < -0.4 is 5.32 Å². The molecule has 2 heterocycles. The maximum Gasteiger partial charge on any atom is 0.234 e. The van der Waals surface area contributed by atoms with Gasteiger partial charge in [0.25, 0.3) is 0 Å². The summed E-state index contributed by atoms with van der Waals surface area (Å²) in [4.78, 5) is 16.8. The first-order chi connectivity index (χ1) is 16.6. The van der Waals surface area contributed by atoms with Crippen molar-refractivity contribution in [1.29, 1.82) is 0 Å². The molecule has 0 aliphatic carbocycles. The number of para-hydroxylation sites is 1. The van der Waals surface area contributed by atoms with Crippen molar-refractivity contribution in [3.8, 4) is 16.9 Å². The summed E-state index contributed by atoms with van der Waals surface area (Å²) in [5.74, 6) is 0.0821. The minimum Gasteiger partial charge on any atom is -0.385 e. The van der Waals surface area contributed by atoms with E-state index in [0.717, 1.165) is 56.1 Å². The number of amides is 1. The van der Waals surface area contributed by atoms with Gasteiger partial charge in [-0.1, -0.05) is 41.9 Å². The van der Waals surface area contributed by atoms with Crippen LogP contribution in [0.2, 0.25) is 5.02 Å². The van der Waals surface area contributed by atoms with Gasteiger partial charge in [0.1, 0.15) is 0 Å². The summed E-state index contributed by atoms with van der Waals surface area (Å²) in [6.07, 6.45) is 2.96. The van der Waals surface area contributed by atoms with E-state index in [2.05, 4.69) is 33.4 Å². The molecule has 1 aliphatic heterocycles. The van der Waals surface area contributed by atoms with Crippen LogP contribution in [-0.2, 0) is 16.1 Å². The Morgan fingerprint density at radius 1 is 1.03 bits per heavy atom. The fourth-order valence-corrected chi connectivity index (χ4v) is 4.26. The molecule has 4 rings (SSSR count). The Balaban J connectivity index is 1.39.